The fourth-order valence-electron chi connectivity index (χ4n) is 3.94. The van der Waals surface area contributed by atoms with Crippen LogP contribution in [0.2, 0.25) is 0 Å². The van der Waals surface area contributed by atoms with Crippen LogP contribution in [0.5, 0.6) is 5.75 Å². The molecule has 4 nitrogen and oxygen atoms in total. The van der Waals surface area contributed by atoms with Crippen molar-refractivity contribution in [2.24, 2.45) is 0 Å². The number of carbonyl (C=O) groups is 1. The van der Waals surface area contributed by atoms with Gasteiger partial charge in [0.1, 0.15) is 11.9 Å². The number of carboxylic acids is 1. The van der Waals surface area contributed by atoms with E-state index in [2.05, 4.69) is 22.8 Å². The second-order valence-electron chi connectivity index (χ2n) is 6.72. The number of aromatic carboxylic acids is 1. The first kappa shape index (κ1) is 15.0. The summed E-state index contributed by atoms with van der Waals surface area (Å²) in [6.45, 7) is 0.682. The van der Waals surface area contributed by atoms with Crippen molar-refractivity contribution in [3.63, 3.8) is 0 Å². The summed E-state index contributed by atoms with van der Waals surface area (Å²) < 4.78 is 8.31. The fourth-order valence-corrected chi connectivity index (χ4v) is 3.94. The zero-order valence-corrected chi connectivity index (χ0v) is 14.1. The highest BCUT2D eigenvalue weighted by atomic mass is 16.5. The predicted octanol–water partition coefficient (Wildman–Crippen LogP) is 4.50. The van der Waals surface area contributed by atoms with E-state index in [4.69, 9.17) is 4.74 Å². The number of benzene rings is 3. The fraction of sp³-hybridized carbons (Fsp3) is 0.136. The molecule has 0 saturated carbocycles. The molecule has 26 heavy (non-hydrogen) atoms. The Hall–Kier alpha value is -3.27. The van der Waals surface area contributed by atoms with Crippen LogP contribution in [-0.4, -0.2) is 21.7 Å². The third-order valence-electron chi connectivity index (χ3n) is 5.12. The van der Waals surface area contributed by atoms with Gasteiger partial charge in [0.2, 0.25) is 0 Å². The highest BCUT2D eigenvalue weighted by Gasteiger charge is 2.24. The van der Waals surface area contributed by atoms with E-state index in [1.165, 1.54) is 5.56 Å². The van der Waals surface area contributed by atoms with E-state index in [9.17, 15) is 9.90 Å². The molecule has 0 bridgehead atoms. The first-order valence-corrected chi connectivity index (χ1v) is 8.69. The van der Waals surface area contributed by atoms with Crippen LogP contribution < -0.4 is 4.74 Å². The number of carboxylic acid groups (broad SMARTS) is 1. The Morgan fingerprint density at radius 1 is 1.00 bits per heavy atom. The SMILES string of the molecule is O=C(O)c1ccc2c3ccccc3n(CC3Cc4ccccc4O3)c2c1. The van der Waals surface area contributed by atoms with Crippen molar-refractivity contribution in [3.8, 4) is 5.75 Å². The van der Waals surface area contributed by atoms with Gasteiger partial charge in [0, 0.05) is 22.7 Å². The van der Waals surface area contributed by atoms with E-state index in [1.54, 1.807) is 12.1 Å². The van der Waals surface area contributed by atoms with E-state index >= 15 is 0 Å². The maximum Gasteiger partial charge on any atom is 0.335 e. The molecule has 1 aliphatic rings. The number of hydrogen-bond acceptors (Lipinski definition) is 2. The Kier molecular flexibility index (Phi) is 3.25. The van der Waals surface area contributed by atoms with Gasteiger partial charge in [-0.2, -0.15) is 0 Å². The number of rotatable bonds is 3. The lowest BCUT2D eigenvalue weighted by atomic mass is 10.1. The summed E-state index contributed by atoms with van der Waals surface area (Å²) in [7, 11) is 0. The van der Waals surface area contributed by atoms with Crippen LogP contribution >= 0.6 is 0 Å². The topological polar surface area (TPSA) is 51.5 Å². The van der Waals surface area contributed by atoms with Gasteiger partial charge in [-0.25, -0.2) is 4.79 Å². The van der Waals surface area contributed by atoms with Crippen LogP contribution in [-0.2, 0) is 13.0 Å². The second kappa shape index (κ2) is 5.63. The summed E-state index contributed by atoms with van der Waals surface area (Å²) in [4.78, 5) is 11.4. The average Bonchev–Trinajstić information content (AvgIpc) is 3.21. The lowest BCUT2D eigenvalue weighted by molar-refractivity contribution is 0.0697. The summed E-state index contributed by atoms with van der Waals surface area (Å²) in [5, 5.41) is 11.6. The largest absolute Gasteiger partial charge is 0.488 e. The van der Waals surface area contributed by atoms with Crippen molar-refractivity contribution in [1.82, 2.24) is 4.57 Å². The third-order valence-corrected chi connectivity index (χ3v) is 5.12. The molecule has 2 heterocycles. The minimum Gasteiger partial charge on any atom is -0.488 e. The number of hydrogen-bond donors (Lipinski definition) is 1. The summed E-state index contributed by atoms with van der Waals surface area (Å²) >= 11 is 0. The maximum atomic E-state index is 11.4. The quantitative estimate of drug-likeness (QED) is 0.596. The van der Waals surface area contributed by atoms with Crippen LogP contribution in [0.15, 0.2) is 66.7 Å². The van der Waals surface area contributed by atoms with Crippen LogP contribution in [0.3, 0.4) is 0 Å². The number of para-hydroxylation sites is 2. The van der Waals surface area contributed by atoms with Gasteiger partial charge >= 0.3 is 5.97 Å². The first-order chi connectivity index (χ1) is 12.7. The summed E-state index contributed by atoms with van der Waals surface area (Å²) in [6, 6.07) is 21.7. The highest BCUT2D eigenvalue weighted by Crippen LogP contribution is 2.33. The van der Waals surface area contributed by atoms with Gasteiger partial charge in [-0.05, 0) is 29.8 Å². The summed E-state index contributed by atoms with van der Waals surface area (Å²) in [5.74, 6) is 0.0396. The molecule has 0 amide bonds. The monoisotopic (exact) mass is 343 g/mol. The van der Waals surface area contributed by atoms with E-state index in [1.807, 2.05) is 36.4 Å². The highest BCUT2D eigenvalue weighted by molar-refractivity contribution is 6.09. The van der Waals surface area contributed by atoms with Crippen LogP contribution in [0.4, 0.5) is 0 Å². The van der Waals surface area contributed by atoms with Gasteiger partial charge in [-0.3, -0.25) is 0 Å². The second-order valence-corrected chi connectivity index (χ2v) is 6.72. The molecule has 3 aromatic carbocycles. The minimum absolute atomic E-state index is 0.0416. The summed E-state index contributed by atoms with van der Waals surface area (Å²) in [5.41, 5.74) is 3.57. The molecule has 0 saturated heterocycles. The molecule has 1 atom stereocenters. The van der Waals surface area contributed by atoms with Gasteiger partial charge in [0.05, 0.1) is 17.6 Å². The molecule has 0 radical (unpaired) electrons. The molecule has 128 valence electrons. The Morgan fingerprint density at radius 2 is 1.77 bits per heavy atom. The van der Waals surface area contributed by atoms with Crippen molar-refractivity contribution >= 4 is 27.8 Å². The molecular weight excluding hydrogens is 326 g/mol. The molecule has 1 unspecified atom stereocenters. The molecule has 0 fully saturated rings. The van der Waals surface area contributed by atoms with Crippen LogP contribution in [0, 0.1) is 0 Å². The summed E-state index contributed by atoms with van der Waals surface area (Å²) in [6.07, 6.45) is 0.905. The molecule has 1 aliphatic heterocycles. The van der Waals surface area contributed by atoms with E-state index in [-0.39, 0.29) is 6.10 Å². The van der Waals surface area contributed by atoms with Crippen molar-refractivity contribution in [2.45, 2.75) is 19.1 Å². The number of fused-ring (bicyclic) bond motifs is 4. The molecule has 4 heteroatoms. The van der Waals surface area contributed by atoms with Crippen molar-refractivity contribution < 1.29 is 14.6 Å². The number of ether oxygens (including phenoxy) is 1. The van der Waals surface area contributed by atoms with E-state index in [0.717, 1.165) is 34.0 Å². The zero-order valence-electron chi connectivity index (χ0n) is 14.1. The standard InChI is InChI=1S/C22H17NO3/c24-22(25)15-9-10-18-17-6-2-3-7-19(17)23(20(18)12-15)13-16-11-14-5-1-4-8-21(14)26-16/h1-10,12,16H,11,13H2,(H,24,25). The number of aromatic nitrogens is 1. The molecule has 1 aromatic heterocycles. The lowest BCUT2D eigenvalue weighted by Gasteiger charge is -2.14. The van der Waals surface area contributed by atoms with Crippen molar-refractivity contribution in [1.29, 1.82) is 0 Å². The predicted molar refractivity (Wildman–Crippen MR) is 101 cm³/mol. The van der Waals surface area contributed by atoms with Crippen molar-refractivity contribution in [3.05, 3.63) is 77.9 Å². The normalized spacial score (nSPS) is 15.9. The molecule has 4 aromatic rings. The third kappa shape index (κ3) is 2.26. The van der Waals surface area contributed by atoms with Crippen LogP contribution in [0.1, 0.15) is 15.9 Å². The average molecular weight is 343 g/mol. The molecule has 0 spiro atoms. The molecular formula is C22H17NO3. The van der Waals surface area contributed by atoms with Gasteiger partial charge < -0.3 is 14.4 Å². The van der Waals surface area contributed by atoms with Gasteiger partial charge in [-0.15, -0.1) is 0 Å². The van der Waals surface area contributed by atoms with Gasteiger partial charge in [0.15, 0.2) is 0 Å². The first-order valence-electron chi connectivity index (χ1n) is 8.69. The maximum absolute atomic E-state index is 11.4. The molecule has 5 rings (SSSR count). The zero-order chi connectivity index (χ0) is 17.7. The van der Waals surface area contributed by atoms with Crippen LogP contribution in [0.25, 0.3) is 21.8 Å². The number of nitrogens with zero attached hydrogens (tertiary/aromatic N) is 1. The lowest BCUT2D eigenvalue weighted by Crippen LogP contribution is -2.20. The van der Waals surface area contributed by atoms with E-state index < -0.39 is 5.97 Å². The minimum atomic E-state index is -0.909. The van der Waals surface area contributed by atoms with Crippen molar-refractivity contribution in [2.75, 3.05) is 0 Å². The Labute approximate surface area is 150 Å². The van der Waals surface area contributed by atoms with Gasteiger partial charge in [-0.1, -0.05) is 42.5 Å². The smallest absolute Gasteiger partial charge is 0.335 e. The Balaban J connectivity index is 1.63. The molecule has 0 aliphatic carbocycles. The van der Waals surface area contributed by atoms with E-state index in [0.29, 0.717) is 12.1 Å². The Bertz CT molecular complexity index is 1130. The molecule has 1 N–H and O–H groups in total. The van der Waals surface area contributed by atoms with Gasteiger partial charge in [0.25, 0.3) is 0 Å². The Morgan fingerprint density at radius 3 is 2.62 bits per heavy atom.